The summed E-state index contributed by atoms with van der Waals surface area (Å²) in [5, 5.41) is 2.86. The van der Waals surface area contributed by atoms with Crippen LogP contribution in [0.4, 0.5) is 5.82 Å². The number of likely N-dealkylation sites (N-methyl/N-ethyl adjacent to an activating group) is 1. The molecular weight excluding hydrogens is 278 g/mol. The average Bonchev–Trinajstić information content (AvgIpc) is 2.48. The molecule has 2 rings (SSSR count). The molecule has 0 radical (unpaired) electrons. The van der Waals surface area contributed by atoms with Crippen LogP contribution >= 0.6 is 0 Å². The molecule has 1 saturated heterocycles. The molecule has 20 heavy (non-hydrogen) atoms. The molecule has 1 aromatic rings. The molecule has 1 fully saturated rings. The number of sulfonamides is 1. The van der Waals surface area contributed by atoms with Gasteiger partial charge in [0.25, 0.3) is 0 Å². The van der Waals surface area contributed by atoms with Crippen LogP contribution < -0.4 is 5.32 Å². The molecule has 0 amide bonds. The first-order valence-corrected chi connectivity index (χ1v) is 8.20. The minimum atomic E-state index is -3.50. The zero-order valence-electron chi connectivity index (χ0n) is 11.9. The van der Waals surface area contributed by atoms with E-state index in [9.17, 15) is 8.42 Å². The SMILES string of the molecule is CNc1ccc(S(=O)(=O)N(C)CC2CCCCO2)cn1. The Morgan fingerprint density at radius 1 is 1.45 bits per heavy atom. The summed E-state index contributed by atoms with van der Waals surface area (Å²) in [4.78, 5) is 4.25. The zero-order chi connectivity index (χ0) is 14.6. The quantitative estimate of drug-likeness (QED) is 0.887. The van der Waals surface area contributed by atoms with Gasteiger partial charge in [0.05, 0.1) is 6.10 Å². The van der Waals surface area contributed by atoms with Gasteiger partial charge in [-0.25, -0.2) is 13.4 Å². The Labute approximate surface area is 120 Å². The summed E-state index contributed by atoms with van der Waals surface area (Å²) >= 11 is 0. The van der Waals surface area contributed by atoms with Gasteiger partial charge in [-0.15, -0.1) is 0 Å². The molecule has 1 atom stereocenters. The van der Waals surface area contributed by atoms with Gasteiger partial charge in [0.2, 0.25) is 10.0 Å². The highest BCUT2D eigenvalue weighted by Gasteiger charge is 2.25. The molecule has 112 valence electrons. The van der Waals surface area contributed by atoms with Gasteiger partial charge in [-0.05, 0) is 31.4 Å². The number of pyridine rings is 1. The van der Waals surface area contributed by atoms with Crippen LogP contribution in [0.3, 0.4) is 0 Å². The van der Waals surface area contributed by atoms with Gasteiger partial charge in [0.1, 0.15) is 10.7 Å². The number of rotatable bonds is 5. The van der Waals surface area contributed by atoms with E-state index < -0.39 is 10.0 Å². The fourth-order valence-corrected chi connectivity index (χ4v) is 3.35. The van der Waals surface area contributed by atoms with Crippen molar-refractivity contribution in [3.05, 3.63) is 18.3 Å². The number of hydrogen-bond donors (Lipinski definition) is 1. The summed E-state index contributed by atoms with van der Waals surface area (Å²) in [7, 11) is -0.179. The lowest BCUT2D eigenvalue weighted by molar-refractivity contribution is 0.00858. The molecule has 6 nitrogen and oxygen atoms in total. The van der Waals surface area contributed by atoms with Crippen LogP contribution in [0.5, 0.6) is 0 Å². The Balaban J connectivity index is 2.07. The lowest BCUT2D eigenvalue weighted by Gasteiger charge is -2.27. The van der Waals surface area contributed by atoms with Crippen LogP contribution in [0.25, 0.3) is 0 Å². The smallest absolute Gasteiger partial charge is 0.244 e. The number of ether oxygens (including phenoxy) is 1. The van der Waals surface area contributed by atoms with E-state index in [1.54, 1.807) is 26.2 Å². The topological polar surface area (TPSA) is 71.5 Å². The van der Waals surface area contributed by atoms with Crippen LogP contribution in [0.15, 0.2) is 23.2 Å². The highest BCUT2D eigenvalue weighted by molar-refractivity contribution is 7.89. The standard InChI is InChI=1S/C13H21N3O3S/c1-14-13-7-6-12(9-15-13)20(17,18)16(2)10-11-5-3-4-8-19-11/h6-7,9,11H,3-5,8,10H2,1-2H3,(H,14,15). The average molecular weight is 299 g/mol. The lowest BCUT2D eigenvalue weighted by atomic mass is 10.1. The van der Waals surface area contributed by atoms with Crippen molar-refractivity contribution in [3.63, 3.8) is 0 Å². The minimum Gasteiger partial charge on any atom is -0.377 e. The van der Waals surface area contributed by atoms with E-state index in [-0.39, 0.29) is 11.0 Å². The Morgan fingerprint density at radius 3 is 2.80 bits per heavy atom. The molecule has 1 aliphatic rings. The van der Waals surface area contributed by atoms with Crippen LogP contribution in [0.1, 0.15) is 19.3 Å². The minimum absolute atomic E-state index is 0.00642. The second kappa shape index (κ2) is 6.51. The first kappa shape index (κ1) is 15.2. The van der Waals surface area contributed by atoms with E-state index in [0.717, 1.165) is 25.9 Å². The van der Waals surface area contributed by atoms with E-state index in [0.29, 0.717) is 12.4 Å². The fourth-order valence-electron chi connectivity index (χ4n) is 2.20. The summed E-state index contributed by atoms with van der Waals surface area (Å²) < 4.78 is 31.8. The van der Waals surface area contributed by atoms with E-state index in [2.05, 4.69) is 10.3 Å². The highest BCUT2D eigenvalue weighted by atomic mass is 32.2. The van der Waals surface area contributed by atoms with Crippen LogP contribution in [-0.4, -0.2) is 51.1 Å². The molecule has 0 bridgehead atoms. The molecule has 0 spiro atoms. The molecule has 1 N–H and O–H groups in total. The second-order valence-corrected chi connectivity index (χ2v) is 6.95. The first-order chi connectivity index (χ1) is 9.54. The van der Waals surface area contributed by atoms with Crippen molar-refractivity contribution < 1.29 is 13.2 Å². The molecule has 2 heterocycles. The van der Waals surface area contributed by atoms with Crippen molar-refractivity contribution in [2.45, 2.75) is 30.3 Å². The molecule has 0 aromatic carbocycles. The predicted molar refractivity (Wildman–Crippen MR) is 77.2 cm³/mol. The highest BCUT2D eigenvalue weighted by Crippen LogP contribution is 2.19. The molecule has 0 aliphatic carbocycles. The third kappa shape index (κ3) is 3.47. The zero-order valence-corrected chi connectivity index (χ0v) is 12.7. The van der Waals surface area contributed by atoms with Crippen molar-refractivity contribution in [3.8, 4) is 0 Å². The largest absolute Gasteiger partial charge is 0.377 e. The third-order valence-corrected chi connectivity index (χ3v) is 5.24. The molecule has 0 saturated carbocycles. The molecule has 1 unspecified atom stereocenters. The van der Waals surface area contributed by atoms with Gasteiger partial charge in [-0.3, -0.25) is 0 Å². The van der Waals surface area contributed by atoms with E-state index >= 15 is 0 Å². The fraction of sp³-hybridized carbons (Fsp3) is 0.615. The number of nitrogens with one attached hydrogen (secondary N) is 1. The van der Waals surface area contributed by atoms with Crippen molar-refractivity contribution in [1.82, 2.24) is 9.29 Å². The van der Waals surface area contributed by atoms with E-state index in [1.165, 1.54) is 10.5 Å². The predicted octanol–water partition coefficient (Wildman–Crippen LogP) is 1.31. The molecule has 1 aliphatic heterocycles. The third-order valence-electron chi connectivity index (χ3n) is 3.44. The Bertz CT molecular complexity index is 524. The van der Waals surface area contributed by atoms with Gasteiger partial charge in [0.15, 0.2) is 0 Å². The summed E-state index contributed by atoms with van der Waals surface area (Å²) in [6.07, 6.45) is 4.43. The Kier molecular flexibility index (Phi) is 4.95. The molecule has 1 aromatic heterocycles. The van der Waals surface area contributed by atoms with Crippen molar-refractivity contribution in [2.24, 2.45) is 0 Å². The summed E-state index contributed by atoms with van der Waals surface area (Å²) in [6, 6.07) is 3.21. The van der Waals surface area contributed by atoms with Gasteiger partial charge < -0.3 is 10.1 Å². The summed E-state index contributed by atoms with van der Waals surface area (Å²) in [5.74, 6) is 0.641. The Hall–Kier alpha value is -1.18. The number of anilines is 1. The number of nitrogens with zero attached hydrogens (tertiary/aromatic N) is 2. The van der Waals surface area contributed by atoms with Crippen LogP contribution in [0.2, 0.25) is 0 Å². The number of hydrogen-bond acceptors (Lipinski definition) is 5. The van der Waals surface area contributed by atoms with E-state index in [1.807, 2.05) is 0 Å². The maximum Gasteiger partial charge on any atom is 0.244 e. The van der Waals surface area contributed by atoms with E-state index in [4.69, 9.17) is 4.74 Å². The first-order valence-electron chi connectivity index (χ1n) is 6.76. The molecule has 7 heteroatoms. The molecular formula is C13H21N3O3S. The monoisotopic (exact) mass is 299 g/mol. The van der Waals surface area contributed by atoms with Gasteiger partial charge in [-0.1, -0.05) is 0 Å². The maximum absolute atomic E-state index is 12.4. The lowest BCUT2D eigenvalue weighted by Crippen LogP contribution is -2.37. The summed E-state index contributed by atoms with van der Waals surface area (Å²) in [6.45, 7) is 1.10. The van der Waals surface area contributed by atoms with Crippen LogP contribution in [-0.2, 0) is 14.8 Å². The van der Waals surface area contributed by atoms with Crippen molar-refractivity contribution in [1.29, 1.82) is 0 Å². The normalized spacial score (nSPS) is 20.1. The maximum atomic E-state index is 12.4. The van der Waals surface area contributed by atoms with Crippen LogP contribution in [0, 0.1) is 0 Å². The van der Waals surface area contributed by atoms with Gasteiger partial charge in [0, 0.05) is 33.4 Å². The summed E-state index contributed by atoms with van der Waals surface area (Å²) in [5.41, 5.74) is 0. The van der Waals surface area contributed by atoms with Crippen molar-refractivity contribution >= 4 is 15.8 Å². The van der Waals surface area contributed by atoms with Gasteiger partial charge >= 0.3 is 0 Å². The number of aromatic nitrogens is 1. The van der Waals surface area contributed by atoms with Gasteiger partial charge in [-0.2, -0.15) is 4.31 Å². The Morgan fingerprint density at radius 2 is 2.25 bits per heavy atom. The second-order valence-electron chi connectivity index (χ2n) is 4.90. The van der Waals surface area contributed by atoms with Crippen molar-refractivity contribution in [2.75, 3.05) is 32.6 Å².